The second kappa shape index (κ2) is 6.37. The van der Waals surface area contributed by atoms with Gasteiger partial charge in [-0.25, -0.2) is 4.79 Å². The SMILES string of the molecule is Cc1ccc2oc(=O)c3cc(C(=O)N(C)c4ccc(Br)cc4)sc3c2c1. The van der Waals surface area contributed by atoms with Gasteiger partial charge < -0.3 is 9.32 Å². The number of amides is 1. The molecule has 0 atom stereocenters. The van der Waals surface area contributed by atoms with Crippen LogP contribution in [0.3, 0.4) is 0 Å². The summed E-state index contributed by atoms with van der Waals surface area (Å²) in [5.74, 6) is -0.159. The first-order valence-corrected chi connectivity index (χ1v) is 9.55. The number of thiophene rings is 1. The molecule has 0 saturated heterocycles. The quantitative estimate of drug-likeness (QED) is 0.404. The molecule has 0 aliphatic rings. The molecule has 0 radical (unpaired) electrons. The molecule has 0 unspecified atom stereocenters. The van der Waals surface area contributed by atoms with Gasteiger partial charge in [0.1, 0.15) is 5.58 Å². The summed E-state index contributed by atoms with van der Waals surface area (Å²) in [4.78, 5) is 27.3. The number of carbonyl (C=O) groups excluding carboxylic acids is 1. The van der Waals surface area contributed by atoms with Crippen LogP contribution in [-0.2, 0) is 0 Å². The normalized spacial score (nSPS) is 11.2. The van der Waals surface area contributed by atoms with Crippen LogP contribution in [0.15, 0.2) is 62.2 Å². The van der Waals surface area contributed by atoms with Crippen molar-refractivity contribution in [1.82, 2.24) is 0 Å². The molecule has 4 rings (SSSR count). The molecule has 0 spiro atoms. The number of anilines is 1. The van der Waals surface area contributed by atoms with Gasteiger partial charge in [0.05, 0.1) is 15.0 Å². The van der Waals surface area contributed by atoms with Gasteiger partial charge in [-0.2, -0.15) is 0 Å². The first-order valence-electron chi connectivity index (χ1n) is 7.94. The highest BCUT2D eigenvalue weighted by Gasteiger charge is 2.19. The number of aryl methyl sites for hydroxylation is 1. The third-order valence-corrected chi connectivity index (χ3v) is 5.95. The fourth-order valence-corrected chi connectivity index (χ4v) is 4.27. The number of hydrogen-bond donors (Lipinski definition) is 0. The van der Waals surface area contributed by atoms with Crippen molar-refractivity contribution in [2.75, 3.05) is 11.9 Å². The van der Waals surface area contributed by atoms with Gasteiger partial charge in [0.15, 0.2) is 0 Å². The predicted octanol–water partition coefficient (Wildman–Crippen LogP) is 5.36. The van der Waals surface area contributed by atoms with Crippen molar-refractivity contribution >= 4 is 59.9 Å². The number of hydrogen-bond acceptors (Lipinski definition) is 4. The zero-order chi connectivity index (χ0) is 18.4. The van der Waals surface area contributed by atoms with Crippen LogP contribution in [0, 0.1) is 6.92 Å². The Hall–Kier alpha value is -2.44. The Morgan fingerprint density at radius 2 is 1.81 bits per heavy atom. The number of carbonyl (C=O) groups is 1. The second-order valence-electron chi connectivity index (χ2n) is 6.08. The van der Waals surface area contributed by atoms with Crippen LogP contribution in [0.1, 0.15) is 15.2 Å². The summed E-state index contributed by atoms with van der Waals surface area (Å²) < 4.78 is 7.13. The van der Waals surface area contributed by atoms with Crippen molar-refractivity contribution in [1.29, 1.82) is 0 Å². The van der Waals surface area contributed by atoms with E-state index in [-0.39, 0.29) is 5.91 Å². The molecule has 2 aromatic heterocycles. The summed E-state index contributed by atoms with van der Waals surface area (Å²) in [6.45, 7) is 1.98. The Kier molecular flexibility index (Phi) is 4.17. The maximum Gasteiger partial charge on any atom is 0.345 e. The molecule has 0 N–H and O–H groups in total. The van der Waals surface area contributed by atoms with Gasteiger partial charge in [0.25, 0.3) is 5.91 Å². The molecule has 2 heterocycles. The maximum absolute atomic E-state index is 12.9. The van der Waals surface area contributed by atoms with Gasteiger partial charge in [-0.15, -0.1) is 11.3 Å². The van der Waals surface area contributed by atoms with Crippen LogP contribution >= 0.6 is 27.3 Å². The van der Waals surface area contributed by atoms with Crippen LogP contribution in [0.4, 0.5) is 5.69 Å². The third-order valence-electron chi connectivity index (χ3n) is 4.26. The Labute approximate surface area is 161 Å². The Balaban J connectivity index is 1.84. The van der Waals surface area contributed by atoms with E-state index in [0.717, 1.165) is 25.8 Å². The largest absolute Gasteiger partial charge is 0.422 e. The van der Waals surface area contributed by atoms with Gasteiger partial charge in [0.2, 0.25) is 0 Å². The summed E-state index contributed by atoms with van der Waals surface area (Å²) in [5, 5.41) is 1.30. The molecular formula is C20H14BrNO3S. The molecule has 0 bridgehead atoms. The lowest BCUT2D eigenvalue weighted by molar-refractivity contribution is 0.0997. The molecule has 130 valence electrons. The number of nitrogens with zero attached hydrogens (tertiary/aromatic N) is 1. The summed E-state index contributed by atoms with van der Waals surface area (Å²) in [6.07, 6.45) is 0. The van der Waals surface area contributed by atoms with E-state index in [0.29, 0.717) is 15.8 Å². The average Bonchev–Trinajstić information content (AvgIpc) is 3.08. The van der Waals surface area contributed by atoms with E-state index >= 15 is 0 Å². The summed E-state index contributed by atoms with van der Waals surface area (Å²) in [5.41, 5.74) is 1.97. The van der Waals surface area contributed by atoms with Gasteiger partial charge in [0, 0.05) is 22.6 Å². The van der Waals surface area contributed by atoms with E-state index in [2.05, 4.69) is 15.9 Å². The van der Waals surface area contributed by atoms with Gasteiger partial charge in [-0.05, 0) is 49.4 Å². The smallest absolute Gasteiger partial charge is 0.345 e. The highest BCUT2D eigenvalue weighted by molar-refractivity contribution is 9.10. The molecule has 0 aliphatic carbocycles. The molecule has 2 aromatic carbocycles. The average molecular weight is 428 g/mol. The standard InChI is InChI=1S/C20H14BrNO3S/c1-11-3-8-16-14(9-11)18-15(20(24)25-16)10-17(26-18)19(23)22(2)13-6-4-12(21)5-7-13/h3-10H,1-2H3. The second-order valence-corrected chi connectivity index (χ2v) is 8.05. The third kappa shape index (κ3) is 2.85. The van der Waals surface area contributed by atoms with E-state index in [1.54, 1.807) is 24.1 Å². The first-order chi connectivity index (χ1) is 12.4. The van der Waals surface area contributed by atoms with E-state index < -0.39 is 5.63 Å². The Bertz CT molecular complexity index is 1210. The molecule has 0 aliphatic heterocycles. The molecule has 26 heavy (non-hydrogen) atoms. The molecular weight excluding hydrogens is 414 g/mol. The number of halogens is 1. The highest BCUT2D eigenvalue weighted by Crippen LogP contribution is 2.32. The van der Waals surface area contributed by atoms with E-state index in [1.165, 1.54) is 11.3 Å². The van der Waals surface area contributed by atoms with Crippen molar-refractivity contribution in [3.63, 3.8) is 0 Å². The van der Waals surface area contributed by atoms with E-state index in [9.17, 15) is 9.59 Å². The van der Waals surface area contributed by atoms with Gasteiger partial charge in [-0.1, -0.05) is 27.6 Å². The Morgan fingerprint density at radius 1 is 1.08 bits per heavy atom. The van der Waals surface area contributed by atoms with Gasteiger partial charge in [-0.3, -0.25) is 4.79 Å². The molecule has 1 amide bonds. The van der Waals surface area contributed by atoms with E-state index in [1.807, 2.05) is 43.3 Å². The molecule has 0 fully saturated rings. The molecule has 0 saturated carbocycles. The van der Waals surface area contributed by atoms with Crippen molar-refractivity contribution < 1.29 is 9.21 Å². The van der Waals surface area contributed by atoms with Crippen molar-refractivity contribution in [3.8, 4) is 0 Å². The number of benzene rings is 2. The van der Waals surface area contributed by atoms with Crippen LogP contribution in [0.25, 0.3) is 21.1 Å². The van der Waals surface area contributed by atoms with Crippen molar-refractivity contribution in [2.45, 2.75) is 6.92 Å². The van der Waals surface area contributed by atoms with Crippen LogP contribution in [-0.4, -0.2) is 13.0 Å². The summed E-state index contributed by atoms with van der Waals surface area (Å²) in [7, 11) is 1.72. The highest BCUT2D eigenvalue weighted by atomic mass is 79.9. The lowest BCUT2D eigenvalue weighted by Crippen LogP contribution is -2.25. The zero-order valence-electron chi connectivity index (χ0n) is 14.1. The molecule has 6 heteroatoms. The lowest BCUT2D eigenvalue weighted by Gasteiger charge is -2.16. The van der Waals surface area contributed by atoms with Crippen LogP contribution in [0.5, 0.6) is 0 Å². The Morgan fingerprint density at radius 3 is 2.54 bits per heavy atom. The molecule has 4 aromatic rings. The van der Waals surface area contributed by atoms with Crippen LogP contribution < -0.4 is 10.5 Å². The minimum Gasteiger partial charge on any atom is -0.422 e. The summed E-state index contributed by atoms with van der Waals surface area (Å²) in [6, 6.07) is 14.8. The fourth-order valence-electron chi connectivity index (χ4n) is 2.86. The lowest BCUT2D eigenvalue weighted by atomic mass is 10.1. The van der Waals surface area contributed by atoms with Crippen molar-refractivity contribution in [3.05, 3.63) is 73.9 Å². The predicted molar refractivity (Wildman–Crippen MR) is 109 cm³/mol. The number of fused-ring (bicyclic) bond motifs is 3. The monoisotopic (exact) mass is 427 g/mol. The minimum atomic E-state index is -0.419. The molecule has 4 nitrogen and oxygen atoms in total. The topological polar surface area (TPSA) is 50.5 Å². The van der Waals surface area contributed by atoms with Crippen molar-refractivity contribution in [2.24, 2.45) is 0 Å². The minimum absolute atomic E-state index is 0.159. The number of rotatable bonds is 2. The first kappa shape index (κ1) is 17.0. The fraction of sp³-hybridized carbons (Fsp3) is 0.100. The maximum atomic E-state index is 12.9. The zero-order valence-corrected chi connectivity index (χ0v) is 16.5. The van der Waals surface area contributed by atoms with E-state index in [4.69, 9.17) is 4.42 Å². The van der Waals surface area contributed by atoms with Crippen LogP contribution in [0.2, 0.25) is 0 Å². The summed E-state index contributed by atoms with van der Waals surface area (Å²) >= 11 is 4.71. The van der Waals surface area contributed by atoms with Gasteiger partial charge >= 0.3 is 5.63 Å².